The Morgan fingerprint density at radius 3 is 2.00 bits per heavy atom. The average molecular weight is 591 g/mol. The average Bonchev–Trinajstić information content (AvgIpc) is 3.70. The molecule has 9 aromatic rings. The van der Waals surface area contributed by atoms with Crippen LogP contribution in [0.3, 0.4) is 0 Å². The summed E-state index contributed by atoms with van der Waals surface area (Å²) in [6.07, 6.45) is 0. The third-order valence-corrected chi connectivity index (χ3v) is 8.41. The Bertz CT molecular complexity index is 2660. The molecule has 214 valence electrons. The number of furan rings is 2. The summed E-state index contributed by atoms with van der Waals surface area (Å²) in [5, 5.41) is 14.0. The van der Waals surface area contributed by atoms with Gasteiger partial charge in [0.1, 0.15) is 22.3 Å². The minimum Gasteiger partial charge on any atom is -0.456 e. The molecular formula is C40H22N4O2. The largest absolute Gasteiger partial charge is 0.456 e. The molecule has 0 bridgehead atoms. The highest BCUT2D eigenvalue weighted by Crippen LogP contribution is 2.41. The fourth-order valence-electron chi connectivity index (χ4n) is 6.27. The van der Waals surface area contributed by atoms with Gasteiger partial charge in [-0.15, -0.1) is 0 Å². The normalized spacial score (nSPS) is 11.5. The number of rotatable bonds is 4. The summed E-state index contributed by atoms with van der Waals surface area (Å²) in [6, 6.07) is 46.0. The third-order valence-electron chi connectivity index (χ3n) is 8.41. The van der Waals surface area contributed by atoms with Gasteiger partial charge in [-0.3, -0.25) is 0 Å². The van der Waals surface area contributed by atoms with Crippen LogP contribution in [0.2, 0.25) is 0 Å². The van der Waals surface area contributed by atoms with Gasteiger partial charge in [0.2, 0.25) is 0 Å². The lowest BCUT2D eigenvalue weighted by atomic mass is 9.97. The van der Waals surface area contributed by atoms with Crippen LogP contribution in [-0.4, -0.2) is 15.0 Å². The zero-order chi connectivity index (χ0) is 30.6. The third kappa shape index (κ3) is 4.07. The van der Waals surface area contributed by atoms with Crippen LogP contribution in [0, 0.1) is 11.3 Å². The van der Waals surface area contributed by atoms with Gasteiger partial charge in [0.25, 0.3) is 0 Å². The van der Waals surface area contributed by atoms with Crippen molar-refractivity contribution in [1.82, 2.24) is 15.0 Å². The smallest absolute Gasteiger partial charge is 0.167 e. The lowest BCUT2D eigenvalue weighted by molar-refractivity contribution is 0.668. The quantitative estimate of drug-likeness (QED) is 0.203. The van der Waals surface area contributed by atoms with Crippen LogP contribution in [0.15, 0.2) is 142 Å². The van der Waals surface area contributed by atoms with Crippen molar-refractivity contribution in [2.45, 2.75) is 0 Å². The molecule has 0 radical (unpaired) electrons. The summed E-state index contributed by atoms with van der Waals surface area (Å²) in [5.74, 6) is 1.40. The molecule has 0 spiro atoms. The van der Waals surface area contributed by atoms with Gasteiger partial charge < -0.3 is 8.83 Å². The SMILES string of the molecule is N#Cc1ccccc1-c1nc(-c2ccccc2)nc(-c2cccc3c2oc2cccc(-c4ccc5c(c4)oc4ccccc45)c23)n1. The highest BCUT2D eigenvalue weighted by Gasteiger charge is 2.20. The first kappa shape index (κ1) is 25.9. The van der Waals surface area contributed by atoms with Crippen LogP contribution in [0.25, 0.3) is 89.2 Å². The standard InChI is InChI=1S/C40H22N4O2/c41-23-26-12-4-5-13-28(26)39-42-38(24-10-2-1-3-11-24)43-40(44-39)32-17-8-16-31-36-27(15-9-19-34(36)46-37(31)32)25-20-21-30-29-14-6-7-18-33(29)45-35(30)22-25/h1-22H. The second-order valence-corrected chi connectivity index (χ2v) is 11.1. The number of hydrogen-bond donors (Lipinski definition) is 0. The van der Waals surface area contributed by atoms with Gasteiger partial charge in [0, 0.05) is 32.7 Å². The first-order chi connectivity index (χ1) is 22.7. The van der Waals surface area contributed by atoms with E-state index in [2.05, 4.69) is 42.5 Å². The molecule has 6 nitrogen and oxygen atoms in total. The van der Waals surface area contributed by atoms with E-state index in [1.807, 2.05) is 91.0 Å². The van der Waals surface area contributed by atoms with E-state index in [4.69, 9.17) is 23.8 Å². The highest BCUT2D eigenvalue weighted by molar-refractivity contribution is 6.16. The molecule has 0 aliphatic heterocycles. The molecule has 0 N–H and O–H groups in total. The molecule has 0 saturated carbocycles. The Kier molecular flexibility index (Phi) is 5.77. The topological polar surface area (TPSA) is 88.7 Å². The van der Waals surface area contributed by atoms with E-state index in [1.165, 1.54) is 0 Å². The van der Waals surface area contributed by atoms with Gasteiger partial charge in [-0.2, -0.15) is 5.26 Å². The van der Waals surface area contributed by atoms with Crippen molar-refractivity contribution in [2.75, 3.05) is 0 Å². The van der Waals surface area contributed by atoms with Crippen molar-refractivity contribution in [3.05, 3.63) is 139 Å². The maximum Gasteiger partial charge on any atom is 0.167 e. The highest BCUT2D eigenvalue weighted by atomic mass is 16.3. The summed E-state index contributed by atoms with van der Waals surface area (Å²) < 4.78 is 12.8. The molecule has 0 fully saturated rings. The van der Waals surface area contributed by atoms with Gasteiger partial charge in [0.05, 0.1) is 17.2 Å². The minimum atomic E-state index is 0.425. The molecule has 0 amide bonds. The van der Waals surface area contributed by atoms with Crippen LogP contribution < -0.4 is 0 Å². The first-order valence-electron chi connectivity index (χ1n) is 14.9. The summed E-state index contributed by atoms with van der Waals surface area (Å²) in [5.41, 5.74) is 7.95. The molecular weight excluding hydrogens is 568 g/mol. The molecule has 3 aromatic heterocycles. The minimum absolute atomic E-state index is 0.425. The summed E-state index contributed by atoms with van der Waals surface area (Å²) in [6.45, 7) is 0. The van der Waals surface area contributed by atoms with Crippen molar-refractivity contribution < 1.29 is 8.83 Å². The van der Waals surface area contributed by atoms with Crippen molar-refractivity contribution in [3.63, 3.8) is 0 Å². The summed E-state index contributed by atoms with van der Waals surface area (Å²) in [4.78, 5) is 14.7. The number of benzene rings is 6. The fraction of sp³-hybridized carbons (Fsp3) is 0. The van der Waals surface area contributed by atoms with E-state index in [9.17, 15) is 5.26 Å². The lowest BCUT2D eigenvalue weighted by Crippen LogP contribution is -2.01. The zero-order valence-electron chi connectivity index (χ0n) is 24.3. The van der Waals surface area contributed by atoms with Crippen LogP contribution in [0.5, 0.6) is 0 Å². The monoisotopic (exact) mass is 590 g/mol. The number of aromatic nitrogens is 3. The molecule has 6 aromatic carbocycles. The zero-order valence-corrected chi connectivity index (χ0v) is 24.3. The molecule has 46 heavy (non-hydrogen) atoms. The van der Waals surface area contributed by atoms with Gasteiger partial charge in [-0.25, -0.2) is 15.0 Å². The van der Waals surface area contributed by atoms with Gasteiger partial charge in [0.15, 0.2) is 17.5 Å². The Morgan fingerprint density at radius 2 is 1.11 bits per heavy atom. The van der Waals surface area contributed by atoms with Gasteiger partial charge in [-0.05, 0) is 53.6 Å². The molecule has 0 aliphatic rings. The molecule has 9 rings (SSSR count). The predicted octanol–water partition coefficient (Wildman–Crippen LogP) is 10.2. The van der Waals surface area contributed by atoms with E-state index in [-0.39, 0.29) is 0 Å². The van der Waals surface area contributed by atoms with E-state index < -0.39 is 0 Å². The molecule has 0 saturated heterocycles. The van der Waals surface area contributed by atoms with Crippen molar-refractivity contribution in [3.8, 4) is 51.4 Å². The Balaban J connectivity index is 1.26. The second-order valence-electron chi connectivity index (χ2n) is 11.1. The maximum atomic E-state index is 9.85. The van der Waals surface area contributed by atoms with E-state index in [0.717, 1.165) is 60.5 Å². The second kappa shape index (κ2) is 10.3. The number of para-hydroxylation sites is 2. The van der Waals surface area contributed by atoms with Crippen molar-refractivity contribution >= 4 is 43.9 Å². The molecule has 6 heteroatoms. The Labute approximate surface area is 262 Å². The van der Waals surface area contributed by atoms with Crippen LogP contribution >= 0.6 is 0 Å². The van der Waals surface area contributed by atoms with Gasteiger partial charge in [-0.1, -0.05) is 91.0 Å². The number of nitriles is 1. The summed E-state index contributed by atoms with van der Waals surface area (Å²) in [7, 11) is 0. The van der Waals surface area contributed by atoms with E-state index >= 15 is 0 Å². The summed E-state index contributed by atoms with van der Waals surface area (Å²) >= 11 is 0. The Morgan fingerprint density at radius 1 is 0.457 bits per heavy atom. The van der Waals surface area contributed by atoms with Crippen molar-refractivity contribution in [2.24, 2.45) is 0 Å². The number of nitrogens with zero attached hydrogens (tertiary/aromatic N) is 4. The molecule has 0 atom stereocenters. The number of hydrogen-bond acceptors (Lipinski definition) is 6. The number of fused-ring (bicyclic) bond motifs is 6. The maximum absolute atomic E-state index is 9.85. The lowest BCUT2D eigenvalue weighted by Gasteiger charge is -2.09. The fourth-order valence-corrected chi connectivity index (χ4v) is 6.27. The molecule has 0 aliphatic carbocycles. The van der Waals surface area contributed by atoms with E-state index in [1.54, 1.807) is 6.07 Å². The predicted molar refractivity (Wildman–Crippen MR) is 181 cm³/mol. The first-order valence-corrected chi connectivity index (χ1v) is 14.9. The van der Waals surface area contributed by atoms with Crippen LogP contribution in [0.1, 0.15) is 5.56 Å². The Hall–Kier alpha value is -6.58. The van der Waals surface area contributed by atoms with Crippen LogP contribution in [-0.2, 0) is 0 Å². The van der Waals surface area contributed by atoms with Crippen molar-refractivity contribution in [1.29, 1.82) is 5.26 Å². The van der Waals surface area contributed by atoms with E-state index in [0.29, 0.717) is 34.2 Å². The molecule has 3 heterocycles. The molecule has 0 unspecified atom stereocenters. The van der Waals surface area contributed by atoms with Crippen LogP contribution in [0.4, 0.5) is 0 Å². The van der Waals surface area contributed by atoms with Gasteiger partial charge >= 0.3 is 0 Å².